The number of para-hydroxylation sites is 2. The molecule has 0 bridgehead atoms. The van der Waals surface area contributed by atoms with Gasteiger partial charge in [-0.25, -0.2) is 5.84 Å². The number of hydrogen-bond donors (Lipinski definition) is 2. The van der Waals surface area contributed by atoms with E-state index in [1.165, 1.54) is 4.90 Å². The highest BCUT2D eigenvalue weighted by Crippen LogP contribution is 2.18. The molecule has 2 amide bonds. The van der Waals surface area contributed by atoms with Crippen LogP contribution in [0.15, 0.2) is 54.6 Å². The zero-order chi connectivity index (χ0) is 15.9. The normalized spacial score (nSPS) is 9.91. The molecule has 0 saturated heterocycles. The molecule has 2 aromatic rings. The summed E-state index contributed by atoms with van der Waals surface area (Å²) in [6, 6.07) is 15.8. The number of amides is 2. The van der Waals surface area contributed by atoms with E-state index in [0.29, 0.717) is 5.75 Å². The Labute approximate surface area is 128 Å². The Morgan fingerprint density at radius 1 is 1.09 bits per heavy atom. The number of anilines is 1. The van der Waals surface area contributed by atoms with Crippen molar-refractivity contribution in [2.45, 2.75) is 0 Å². The topological polar surface area (TPSA) is 84.7 Å². The summed E-state index contributed by atoms with van der Waals surface area (Å²) < 4.78 is 5.46. The molecule has 0 aliphatic carbocycles. The second kappa shape index (κ2) is 7.24. The highest BCUT2D eigenvalue weighted by atomic mass is 16.5. The summed E-state index contributed by atoms with van der Waals surface area (Å²) in [5.41, 5.74) is 3.09. The summed E-state index contributed by atoms with van der Waals surface area (Å²) in [4.78, 5) is 25.3. The number of carbonyl (C=O) groups excluding carboxylic acids is 2. The van der Waals surface area contributed by atoms with Gasteiger partial charge in [0.1, 0.15) is 5.75 Å². The Kier molecular flexibility index (Phi) is 5.11. The van der Waals surface area contributed by atoms with E-state index in [-0.39, 0.29) is 18.1 Å². The molecule has 0 aromatic heterocycles. The molecule has 0 heterocycles. The molecular formula is C16H17N3O3. The van der Waals surface area contributed by atoms with Gasteiger partial charge < -0.3 is 9.64 Å². The molecule has 0 saturated carbocycles. The molecule has 22 heavy (non-hydrogen) atoms. The Bertz CT molecular complexity index is 659. The maximum absolute atomic E-state index is 12.1. The third-order valence-corrected chi connectivity index (χ3v) is 3.13. The van der Waals surface area contributed by atoms with Crippen LogP contribution in [0.5, 0.6) is 5.75 Å². The molecule has 0 unspecified atom stereocenters. The van der Waals surface area contributed by atoms with Crippen molar-refractivity contribution in [1.29, 1.82) is 0 Å². The van der Waals surface area contributed by atoms with Crippen LogP contribution in [-0.4, -0.2) is 25.5 Å². The number of carbonyl (C=O) groups is 2. The van der Waals surface area contributed by atoms with Gasteiger partial charge in [0.25, 0.3) is 11.8 Å². The number of nitrogens with two attached hydrogens (primary N) is 1. The van der Waals surface area contributed by atoms with E-state index in [4.69, 9.17) is 10.6 Å². The van der Waals surface area contributed by atoms with Gasteiger partial charge in [0.05, 0.1) is 5.56 Å². The third kappa shape index (κ3) is 3.62. The Balaban J connectivity index is 2.04. The number of hydrazine groups is 1. The minimum Gasteiger partial charge on any atom is -0.483 e. The van der Waals surface area contributed by atoms with Crippen LogP contribution in [-0.2, 0) is 4.79 Å². The Morgan fingerprint density at radius 3 is 2.41 bits per heavy atom. The number of nitrogens with one attached hydrogen (secondary N) is 1. The monoisotopic (exact) mass is 299 g/mol. The van der Waals surface area contributed by atoms with Crippen LogP contribution in [0.3, 0.4) is 0 Å². The second-order valence-electron chi connectivity index (χ2n) is 4.55. The minimum absolute atomic E-state index is 0.180. The Hall–Kier alpha value is -2.86. The zero-order valence-electron chi connectivity index (χ0n) is 12.2. The van der Waals surface area contributed by atoms with Gasteiger partial charge in [-0.3, -0.25) is 15.0 Å². The summed E-state index contributed by atoms with van der Waals surface area (Å²) >= 11 is 0. The molecular weight excluding hydrogens is 282 g/mol. The molecule has 2 rings (SSSR count). The van der Waals surface area contributed by atoms with E-state index in [1.54, 1.807) is 31.3 Å². The molecule has 6 nitrogen and oxygen atoms in total. The predicted molar refractivity (Wildman–Crippen MR) is 83.4 cm³/mol. The van der Waals surface area contributed by atoms with E-state index in [2.05, 4.69) is 0 Å². The van der Waals surface area contributed by atoms with E-state index >= 15 is 0 Å². The zero-order valence-corrected chi connectivity index (χ0v) is 12.2. The van der Waals surface area contributed by atoms with Crippen LogP contribution in [0.4, 0.5) is 5.69 Å². The van der Waals surface area contributed by atoms with Crippen molar-refractivity contribution >= 4 is 17.5 Å². The van der Waals surface area contributed by atoms with Gasteiger partial charge in [-0.2, -0.15) is 0 Å². The average Bonchev–Trinajstić information content (AvgIpc) is 2.59. The van der Waals surface area contributed by atoms with Gasteiger partial charge in [-0.15, -0.1) is 0 Å². The average molecular weight is 299 g/mol. The molecule has 0 aliphatic rings. The highest BCUT2D eigenvalue weighted by molar-refractivity contribution is 5.97. The molecule has 0 atom stereocenters. The summed E-state index contributed by atoms with van der Waals surface area (Å²) in [6.07, 6.45) is 0. The largest absolute Gasteiger partial charge is 0.483 e. The fourth-order valence-corrected chi connectivity index (χ4v) is 1.89. The lowest BCUT2D eigenvalue weighted by Crippen LogP contribution is -2.32. The fraction of sp³-hybridized carbons (Fsp3) is 0.125. The lowest BCUT2D eigenvalue weighted by Gasteiger charge is -2.18. The maximum Gasteiger partial charge on any atom is 0.268 e. The molecule has 3 N–H and O–H groups in total. The van der Waals surface area contributed by atoms with E-state index < -0.39 is 5.91 Å². The number of hydrogen-bond acceptors (Lipinski definition) is 4. The number of rotatable bonds is 5. The van der Waals surface area contributed by atoms with Crippen molar-refractivity contribution in [3.8, 4) is 5.75 Å². The summed E-state index contributed by atoms with van der Waals surface area (Å²) in [5, 5.41) is 0. The second-order valence-corrected chi connectivity index (χ2v) is 4.55. The van der Waals surface area contributed by atoms with Crippen LogP contribution >= 0.6 is 0 Å². The van der Waals surface area contributed by atoms with Crippen molar-refractivity contribution in [3.63, 3.8) is 0 Å². The maximum atomic E-state index is 12.1. The van der Waals surface area contributed by atoms with E-state index in [9.17, 15) is 9.59 Å². The molecule has 0 aliphatic heterocycles. The van der Waals surface area contributed by atoms with E-state index in [0.717, 1.165) is 5.69 Å². The van der Waals surface area contributed by atoms with Crippen molar-refractivity contribution in [2.75, 3.05) is 18.6 Å². The SMILES string of the molecule is CN(C(=O)COc1ccccc1C(=O)NN)c1ccccc1. The third-order valence-electron chi connectivity index (χ3n) is 3.13. The van der Waals surface area contributed by atoms with Gasteiger partial charge >= 0.3 is 0 Å². The first-order chi connectivity index (χ1) is 10.6. The van der Waals surface area contributed by atoms with Crippen LogP contribution in [0.1, 0.15) is 10.4 Å². The number of benzene rings is 2. The van der Waals surface area contributed by atoms with Gasteiger partial charge in [0.2, 0.25) is 0 Å². The van der Waals surface area contributed by atoms with Crippen LogP contribution in [0.25, 0.3) is 0 Å². The van der Waals surface area contributed by atoms with Crippen molar-refractivity contribution in [3.05, 3.63) is 60.2 Å². The molecule has 0 radical (unpaired) electrons. The first kappa shape index (κ1) is 15.5. The number of nitrogen functional groups attached to an aromatic ring is 1. The lowest BCUT2D eigenvalue weighted by molar-refractivity contribution is -0.120. The summed E-state index contributed by atoms with van der Waals surface area (Å²) in [6.45, 7) is -0.180. The fourth-order valence-electron chi connectivity index (χ4n) is 1.89. The smallest absolute Gasteiger partial charge is 0.268 e. The van der Waals surface area contributed by atoms with Gasteiger partial charge in [-0.1, -0.05) is 30.3 Å². The van der Waals surface area contributed by atoms with Crippen molar-refractivity contribution < 1.29 is 14.3 Å². The lowest BCUT2D eigenvalue weighted by atomic mass is 10.2. The molecule has 0 fully saturated rings. The first-order valence-electron chi connectivity index (χ1n) is 6.68. The summed E-state index contributed by atoms with van der Waals surface area (Å²) in [7, 11) is 1.67. The minimum atomic E-state index is -0.473. The molecule has 2 aromatic carbocycles. The standard InChI is InChI=1S/C16H17N3O3/c1-19(12-7-3-2-4-8-12)15(20)11-22-14-10-6-5-9-13(14)16(21)18-17/h2-10H,11,17H2,1H3,(H,18,21). The van der Waals surface area contributed by atoms with E-state index in [1.807, 2.05) is 35.8 Å². The van der Waals surface area contributed by atoms with Gasteiger partial charge in [0.15, 0.2) is 6.61 Å². The molecule has 114 valence electrons. The van der Waals surface area contributed by atoms with Gasteiger partial charge in [-0.05, 0) is 24.3 Å². The Morgan fingerprint density at radius 2 is 1.73 bits per heavy atom. The predicted octanol–water partition coefficient (Wildman–Crippen LogP) is 1.33. The van der Waals surface area contributed by atoms with Crippen molar-refractivity contribution in [2.24, 2.45) is 5.84 Å². The van der Waals surface area contributed by atoms with Crippen LogP contribution in [0.2, 0.25) is 0 Å². The quantitative estimate of drug-likeness (QED) is 0.495. The summed E-state index contributed by atoms with van der Waals surface area (Å²) in [5.74, 6) is 4.73. The molecule has 6 heteroatoms. The van der Waals surface area contributed by atoms with Gasteiger partial charge in [0, 0.05) is 12.7 Å². The molecule has 0 spiro atoms. The first-order valence-corrected chi connectivity index (χ1v) is 6.68. The number of likely N-dealkylation sites (N-methyl/N-ethyl adjacent to an activating group) is 1. The number of nitrogens with zero attached hydrogens (tertiary/aromatic N) is 1. The number of ether oxygens (including phenoxy) is 1. The van der Waals surface area contributed by atoms with Crippen molar-refractivity contribution in [1.82, 2.24) is 5.43 Å². The van der Waals surface area contributed by atoms with Crippen LogP contribution in [0, 0.1) is 0 Å². The van der Waals surface area contributed by atoms with Crippen LogP contribution < -0.4 is 20.9 Å². The highest BCUT2D eigenvalue weighted by Gasteiger charge is 2.15.